The van der Waals surface area contributed by atoms with E-state index in [0.29, 0.717) is 35.5 Å². The molecule has 1 heterocycles. The Labute approximate surface area is 300 Å². The SMILES string of the molecule is CCOC(=O)C1(N(C)S(=O)(=O)c2cccc(C(=O)Nc3sc4c(c3C(=O)Nc3ccc(CCc5ccc(C(=O)O)cc5)cc3)CCCC4)c2)CC1. The van der Waals surface area contributed by atoms with Crippen LogP contribution in [0.3, 0.4) is 0 Å². The standard InChI is InChI=1S/C38H39N3O8S2/c1-3-49-37(46)38(21-22-38)41(2)51(47,48)29-8-6-7-27(23-29)33(42)40-35-32(30-9-4-5-10-31(30)50-35)34(43)39-28-19-15-25(16-20-28)12-11-24-13-17-26(18-14-24)36(44)45/h6-8,13-20,23H,3-5,9-12,21-22H2,1-2H3,(H,39,43)(H,40,42)(H,44,45). The number of nitrogens with zero attached hydrogens (tertiary/aromatic N) is 1. The van der Waals surface area contributed by atoms with Gasteiger partial charge in [0.05, 0.1) is 22.6 Å². The van der Waals surface area contributed by atoms with Crippen LogP contribution in [0.25, 0.3) is 0 Å². The average Bonchev–Trinajstić information content (AvgIpc) is 3.86. The van der Waals surface area contributed by atoms with Crippen molar-refractivity contribution in [3.05, 3.63) is 111 Å². The van der Waals surface area contributed by atoms with Crippen LogP contribution in [0.4, 0.5) is 10.7 Å². The summed E-state index contributed by atoms with van der Waals surface area (Å²) in [7, 11) is -2.79. The van der Waals surface area contributed by atoms with Gasteiger partial charge in [-0.2, -0.15) is 4.31 Å². The first kappa shape index (κ1) is 36.0. The number of carbonyl (C=O) groups is 4. The lowest BCUT2D eigenvalue weighted by Gasteiger charge is -2.25. The van der Waals surface area contributed by atoms with Crippen molar-refractivity contribution in [2.75, 3.05) is 24.3 Å². The first-order valence-electron chi connectivity index (χ1n) is 16.9. The maximum absolute atomic E-state index is 13.8. The van der Waals surface area contributed by atoms with E-state index in [1.165, 1.54) is 42.6 Å². The number of thiophene rings is 1. The number of ether oxygens (including phenoxy) is 1. The first-order valence-corrected chi connectivity index (χ1v) is 19.1. The summed E-state index contributed by atoms with van der Waals surface area (Å²) >= 11 is 1.36. The third-order valence-corrected chi connectivity index (χ3v) is 12.6. The molecule has 1 fully saturated rings. The molecular weight excluding hydrogens is 691 g/mol. The number of esters is 1. The Balaban J connectivity index is 1.16. The van der Waals surface area contributed by atoms with E-state index in [4.69, 9.17) is 9.84 Å². The Morgan fingerprint density at radius 2 is 1.51 bits per heavy atom. The number of likely N-dealkylation sites (N-methyl/N-ethyl adjacent to an activating group) is 1. The molecule has 2 aliphatic carbocycles. The fraction of sp³-hybridized carbons (Fsp3) is 0.316. The topological polar surface area (TPSA) is 159 Å². The van der Waals surface area contributed by atoms with Gasteiger partial charge in [0.2, 0.25) is 10.0 Å². The Morgan fingerprint density at radius 3 is 2.14 bits per heavy atom. The summed E-state index contributed by atoms with van der Waals surface area (Å²) in [5, 5.41) is 15.4. The summed E-state index contributed by atoms with van der Waals surface area (Å²) in [5.41, 5.74) is 3.09. The predicted molar refractivity (Wildman–Crippen MR) is 194 cm³/mol. The van der Waals surface area contributed by atoms with Gasteiger partial charge in [-0.25, -0.2) is 13.2 Å². The fourth-order valence-corrected chi connectivity index (χ4v) is 9.18. The summed E-state index contributed by atoms with van der Waals surface area (Å²) in [6, 6.07) is 20.0. The van der Waals surface area contributed by atoms with Gasteiger partial charge in [0, 0.05) is 23.2 Å². The molecule has 0 aliphatic heterocycles. The molecule has 11 nitrogen and oxygen atoms in total. The molecule has 1 saturated carbocycles. The number of aryl methyl sites for hydroxylation is 3. The minimum atomic E-state index is -4.14. The van der Waals surface area contributed by atoms with Crippen molar-refractivity contribution in [1.29, 1.82) is 0 Å². The summed E-state index contributed by atoms with van der Waals surface area (Å²) in [6.45, 7) is 1.80. The number of rotatable bonds is 13. The second-order valence-corrected chi connectivity index (χ2v) is 15.8. The van der Waals surface area contributed by atoms with E-state index in [-0.39, 0.29) is 28.5 Å². The molecule has 3 aromatic carbocycles. The van der Waals surface area contributed by atoms with E-state index < -0.39 is 33.4 Å². The highest BCUT2D eigenvalue weighted by Crippen LogP contribution is 2.45. The zero-order valence-corrected chi connectivity index (χ0v) is 30.0. The lowest BCUT2D eigenvalue weighted by Crippen LogP contribution is -2.45. The molecule has 51 heavy (non-hydrogen) atoms. The van der Waals surface area contributed by atoms with Crippen LogP contribution in [0.5, 0.6) is 0 Å². The van der Waals surface area contributed by atoms with Crippen molar-refractivity contribution < 1.29 is 37.4 Å². The number of hydrogen-bond donors (Lipinski definition) is 3. The largest absolute Gasteiger partial charge is 0.478 e. The van der Waals surface area contributed by atoms with E-state index in [1.807, 2.05) is 36.4 Å². The van der Waals surface area contributed by atoms with E-state index in [2.05, 4.69) is 10.6 Å². The zero-order chi connectivity index (χ0) is 36.3. The number of carboxylic acids is 1. The monoisotopic (exact) mass is 729 g/mol. The molecule has 4 aromatic rings. The maximum atomic E-state index is 13.8. The van der Waals surface area contributed by atoms with Crippen LogP contribution in [-0.2, 0) is 45.2 Å². The van der Waals surface area contributed by atoms with Gasteiger partial charge in [0.1, 0.15) is 10.5 Å². The molecular formula is C38H39N3O8S2. The van der Waals surface area contributed by atoms with Gasteiger partial charge >= 0.3 is 11.9 Å². The molecule has 3 N–H and O–H groups in total. The summed E-state index contributed by atoms with van der Waals surface area (Å²) in [4.78, 5) is 52.0. The number of carbonyl (C=O) groups excluding carboxylic acids is 3. The van der Waals surface area contributed by atoms with Crippen molar-refractivity contribution in [2.45, 2.75) is 68.7 Å². The number of benzene rings is 3. The normalized spacial score (nSPS) is 14.7. The van der Waals surface area contributed by atoms with Crippen molar-refractivity contribution in [3.8, 4) is 0 Å². The molecule has 266 valence electrons. The highest BCUT2D eigenvalue weighted by Gasteiger charge is 2.58. The van der Waals surface area contributed by atoms with Crippen LogP contribution in [0.15, 0.2) is 77.7 Å². The van der Waals surface area contributed by atoms with Crippen molar-refractivity contribution in [1.82, 2.24) is 4.31 Å². The number of hydrogen-bond acceptors (Lipinski definition) is 8. The highest BCUT2D eigenvalue weighted by atomic mass is 32.2. The molecule has 1 aromatic heterocycles. The summed E-state index contributed by atoms with van der Waals surface area (Å²) in [6.07, 6.45) is 5.58. The molecule has 2 aliphatic rings. The number of amides is 2. The van der Waals surface area contributed by atoms with E-state index in [1.54, 1.807) is 19.1 Å². The van der Waals surface area contributed by atoms with E-state index in [9.17, 15) is 27.6 Å². The third kappa shape index (κ3) is 7.60. The Hall–Kier alpha value is -4.85. The molecule has 0 spiro atoms. The van der Waals surface area contributed by atoms with Gasteiger partial charge in [-0.05, 0) is 117 Å². The van der Waals surface area contributed by atoms with Crippen LogP contribution in [0.1, 0.15) is 85.2 Å². The van der Waals surface area contributed by atoms with Gasteiger partial charge in [-0.3, -0.25) is 14.4 Å². The first-order chi connectivity index (χ1) is 24.4. The summed E-state index contributed by atoms with van der Waals surface area (Å²) < 4.78 is 33.3. The lowest BCUT2D eigenvalue weighted by atomic mass is 9.95. The van der Waals surface area contributed by atoms with Crippen LogP contribution in [-0.4, -0.2) is 60.8 Å². The minimum absolute atomic E-state index is 0.0941. The number of anilines is 2. The quantitative estimate of drug-likeness (QED) is 0.135. The van der Waals surface area contributed by atoms with Gasteiger partial charge in [0.25, 0.3) is 11.8 Å². The second-order valence-electron chi connectivity index (χ2n) is 12.8. The van der Waals surface area contributed by atoms with Gasteiger partial charge < -0.3 is 20.5 Å². The molecule has 2 amide bonds. The number of carboxylic acid groups (broad SMARTS) is 1. The summed E-state index contributed by atoms with van der Waals surface area (Å²) in [5.74, 6) is -2.45. The minimum Gasteiger partial charge on any atom is -0.478 e. The molecule has 6 rings (SSSR count). The molecule has 0 bridgehead atoms. The van der Waals surface area contributed by atoms with Crippen molar-refractivity contribution >= 4 is 55.8 Å². The average molecular weight is 730 g/mol. The van der Waals surface area contributed by atoms with Crippen LogP contribution in [0.2, 0.25) is 0 Å². The van der Waals surface area contributed by atoms with Crippen LogP contribution < -0.4 is 10.6 Å². The van der Waals surface area contributed by atoms with E-state index in [0.717, 1.165) is 58.0 Å². The third-order valence-electron chi connectivity index (χ3n) is 9.48. The fourth-order valence-electron chi connectivity index (χ4n) is 6.34. The lowest BCUT2D eigenvalue weighted by molar-refractivity contribution is -0.148. The molecule has 0 atom stereocenters. The Bertz CT molecular complexity index is 2090. The molecule has 0 unspecified atom stereocenters. The Kier molecular flexibility index (Phi) is 10.4. The number of sulfonamides is 1. The zero-order valence-electron chi connectivity index (χ0n) is 28.4. The second kappa shape index (κ2) is 14.8. The van der Waals surface area contributed by atoms with Gasteiger partial charge in [-0.15, -0.1) is 11.3 Å². The number of nitrogens with one attached hydrogen (secondary N) is 2. The molecule has 13 heteroatoms. The van der Waals surface area contributed by atoms with Gasteiger partial charge in [0.15, 0.2) is 0 Å². The van der Waals surface area contributed by atoms with Crippen molar-refractivity contribution in [2.24, 2.45) is 0 Å². The van der Waals surface area contributed by atoms with Crippen molar-refractivity contribution in [3.63, 3.8) is 0 Å². The highest BCUT2D eigenvalue weighted by molar-refractivity contribution is 7.89. The van der Waals surface area contributed by atoms with Crippen LogP contribution in [0, 0.1) is 0 Å². The number of fused-ring (bicyclic) bond motifs is 1. The predicted octanol–water partition coefficient (Wildman–Crippen LogP) is 6.33. The number of aromatic carboxylic acids is 1. The maximum Gasteiger partial charge on any atom is 0.335 e. The molecule has 0 saturated heterocycles. The smallest absolute Gasteiger partial charge is 0.335 e. The Morgan fingerprint density at radius 1 is 0.863 bits per heavy atom. The van der Waals surface area contributed by atoms with Crippen LogP contribution >= 0.6 is 11.3 Å². The van der Waals surface area contributed by atoms with E-state index >= 15 is 0 Å². The van der Waals surface area contributed by atoms with Gasteiger partial charge in [-0.1, -0.05) is 30.3 Å². The molecule has 0 radical (unpaired) electrons.